The van der Waals surface area contributed by atoms with E-state index in [0.717, 1.165) is 19.3 Å². The maximum Gasteiger partial charge on any atom is 0.240 e. The number of nitrogens with zero attached hydrogens (tertiary/aromatic N) is 1. The van der Waals surface area contributed by atoms with Crippen LogP contribution in [0.2, 0.25) is 0 Å². The van der Waals surface area contributed by atoms with Crippen LogP contribution >= 0.6 is 0 Å². The fraction of sp³-hybridized carbons (Fsp3) is 0.438. The van der Waals surface area contributed by atoms with Gasteiger partial charge in [0.15, 0.2) is 11.5 Å². The molecule has 1 N–H and O–H groups in total. The minimum absolute atomic E-state index is 0.228. The number of benzene rings is 1. The van der Waals surface area contributed by atoms with Crippen molar-refractivity contribution in [2.45, 2.75) is 43.9 Å². The third kappa shape index (κ3) is 3.39. The van der Waals surface area contributed by atoms with E-state index in [1.165, 1.54) is 18.4 Å². The van der Waals surface area contributed by atoms with Gasteiger partial charge < -0.3 is 4.42 Å². The van der Waals surface area contributed by atoms with Crippen molar-refractivity contribution < 1.29 is 12.8 Å². The molecule has 3 rings (SSSR count). The zero-order valence-electron chi connectivity index (χ0n) is 12.6. The molecule has 0 saturated heterocycles. The number of nitrogens with one attached hydrogen (secondary N) is 1. The molecule has 1 aromatic carbocycles. The molecule has 0 amide bonds. The van der Waals surface area contributed by atoms with Gasteiger partial charge in [-0.1, -0.05) is 11.6 Å². The predicted octanol–water partition coefficient (Wildman–Crippen LogP) is 3.31. The number of hydrogen-bond acceptors (Lipinski definition) is 4. The number of aromatic nitrogens is 1. The fourth-order valence-corrected chi connectivity index (χ4v) is 3.80. The van der Waals surface area contributed by atoms with Gasteiger partial charge in [-0.2, -0.15) is 0 Å². The van der Waals surface area contributed by atoms with Crippen LogP contribution in [0, 0.1) is 6.92 Å². The molecule has 0 bridgehead atoms. The highest BCUT2D eigenvalue weighted by Crippen LogP contribution is 2.21. The molecule has 1 heterocycles. The van der Waals surface area contributed by atoms with Gasteiger partial charge in [-0.25, -0.2) is 18.1 Å². The van der Waals surface area contributed by atoms with Gasteiger partial charge in [0.25, 0.3) is 0 Å². The standard InChI is InChI=1S/C16H20N2O3S/c1-12-18-15-11-14(7-8-16(15)21-12)22(19,20)17-10-9-13-5-3-2-4-6-13/h5,7-8,11,17H,2-4,6,9-10H2,1H3. The fourth-order valence-electron chi connectivity index (χ4n) is 2.75. The van der Waals surface area contributed by atoms with Crippen molar-refractivity contribution in [3.05, 3.63) is 35.7 Å². The number of hydrogen-bond donors (Lipinski definition) is 1. The Hall–Kier alpha value is -1.66. The van der Waals surface area contributed by atoms with Gasteiger partial charge in [-0.15, -0.1) is 0 Å². The molecule has 2 aromatic rings. The summed E-state index contributed by atoms with van der Waals surface area (Å²) >= 11 is 0. The molecule has 0 radical (unpaired) electrons. The summed E-state index contributed by atoms with van der Waals surface area (Å²) in [6.45, 7) is 2.17. The predicted molar refractivity (Wildman–Crippen MR) is 85.1 cm³/mol. The van der Waals surface area contributed by atoms with E-state index in [1.807, 2.05) is 0 Å². The first-order valence-corrected chi connectivity index (χ1v) is 9.08. The molecule has 6 heteroatoms. The minimum atomic E-state index is -3.50. The Morgan fingerprint density at radius 1 is 1.32 bits per heavy atom. The molecule has 0 saturated carbocycles. The summed E-state index contributed by atoms with van der Waals surface area (Å²) < 4.78 is 32.7. The molecule has 22 heavy (non-hydrogen) atoms. The molecule has 5 nitrogen and oxygen atoms in total. The first-order chi connectivity index (χ1) is 10.5. The van der Waals surface area contributed by atoms with E-state index in [9.17, 15) is 8.42 Å². The highest BCUT2D eigenvalue weighted by Gasteiger charge is 2.16. The zero-order valence-corrected chi connectivity index (χ0v) is 13.4. The van der Waals surface area contributed by atoms with Crippen LogP contribution in [0.1, 0.15) is 38.0 Å². The third-order valence-electron chi connectivity index (χ3n) is 3.90. The van der Waals surface area contributed by atoms with E-state index < -0.39 is 10.0 Å². The van der Waals surface area contributed by atoms with Crippen LogP contribution in [0.25, 0.3) is 11.1 Å². The second-order valence-electron chi connectivity index (χ2n) is 5.62. The van der Waals surface area contributed by atoms with E-state index in [2.05, 4.69) is 15.8 Å². The second kappa shape index (κ2) is 6.22. The molecule has 1 aromatic heterocycles. The minimum Gasteiger partial charge on any atom is -0.441 e. The van der Waals surface area contributed by atoms with Gasteiger partial charge >= 0.3 is 0 Å². The van der Waals surface area contributed by atoms with Crippen LogP contribution in [-0.2, 0) is 10.0 Å². The van der Waals surface area contributed by atoms with Crippen molar-refractivity contribution in [2.24, 2.45) is 0 Å². The highest BCUT2D eigenvalue weighted by molar-refractivity contribution is 7.89. The monoisotopic (exact) mass is 320 g/mol. The van der Waals surface area contributed by atoms with Crippen LogP contribution in [-0.4, -0.2) is 19.9 Å². The van der Waals surface area contributed by atoms with Crippen LogP contribution in [0.5, 0.6) is 0 Å². The normalized spacial score (nSPS) is 16.0. The molecular formula is C16H20N2O3S. The summed E-state index contributed by atoms with van der Waals surface area (Å²) in [4.78, 5) is 4.40. The van der Waals surface area contributed by atoms with E-state index in [-0.39, 0.29) is 4.90 Å². The smallest absolute Gasteiger partial charge is 0.240 e. The number of fused-ring (bicyclic) bond motifs is 1. The Labute approximate surface area is 130 Å². The Kier molecular flexibility index (Phi) is 4.31. The van der Waals surface area contributed by atoms with E-state index >= 15 is 0 Å². The maximum atomic E-state index is 12.3. The molecular weight excluding hydrogens is 300 g/mol. The maximum absolute atomic E-state index is 12.3. The lowest BCUT2D eigenvalue weighted by Crippen LogP contribution is -2.25. The van der Waals surface area contributed by atoms with Crippen molar-refractivity contribution in [2.75, 3.05) is 6.54 Å². The largest absolute Gasteiger partial charge is 0.441 e. The topological polar surface area (TPSA) is 72.2 Å². The summed E-state index contributed by atoms with van der Waals surface area (Å²) in [6.07, 6.45) is 7.68. The van der Waals surface area contributed by atoms with Crippen LogP contribution in [0.3, 0.4) is 0 Å². The second-order valence-corrected chi connectivity index (χ2v) is 7.39. The lowest BCUT2D eigenvalue weighted by Gasteiger charge is -2.13. The SMILES string of the molecule is Cc1nc2cc(S(=O)(=O)NCCC3=CCCCC3)ccc2o1. The van der Waals surface area contributed by atoms with Crippen molar-refractivity contribution in [1.29, 1.82) is 0 Å². The summed E-state index contributed by atoms with van der Waals surface area (Å²) in [5, 5.41) is 0. The average molecular weight is 320 g/mol. The molecule has 0 fully saturated rings. The molecule has 0 unspecified atom stereocenters. The Morgan fingerprint density at radius 2 is 2.18 bits per heavy atom. The number of sulfonamides is 1. The van der Waals surface area contributed by atoms with Crippen molar-refractivity contribution in [3.63, 3.8) is 0 Å². The molecule has 118 valence electrons. The summed E-state index contributed by atoms with van der Waals surface area (Å²) in [5.74, 6) is 0.529. The molecule has 0 spiro atoms. The van der Waals surface area contributed by atoms with Crippen LogP contribution < -0.4 is 4.72 Å². The Morgan fingerprint density at radius 3 is 2.95 bits per heavy atom. The Balaban J connectivity index is 1.69. The molecule has 0 atom stereocenters. The van der Waals surface area contributed by atoms with Crippen LogP contribution in [0.4, 0.5) is 0 Å². The third-order valence-corrected chi connectivity index (χ3v) is 5.36. The number of allylic oxidation sites excluding steroid dienone is 1. The number of rotatable bonds is 5. The van der Waals surface area contributed by atoms with Gasteiger partial charge in [0, 0.05) is 13.5 Å². The van der Waals surface area contributed by atoms with E-state index in [4.69, 9.17) is 4.42 Å². The first-order valence-electron chi connectivity index (χ1n) is 7.59. The van der Waals surface area contributed by atoms with Gasteiger partial charge in [-0.05, 0) is 50.3 Å². The lowest BCUT2D eigenvalue weighted by atomic mass is 9.97. The number of oxazole rings is 1. The molecule has 1 aliphatic rings. The molecule has 1 aliphatic carbocycles. The van der Waals surface area contributed by atoms with Gasteiger partial charge in [0.2, 0.25) is 10.0 Å². The van der Waals surface area contributed by atoms with Crippen molar-refractivity contribution in [3.8, 4) is 0 Å². The number of aryl methyl sites for hydroxylation is 1. The van der Waals surface area contributed by atoms with E-state index in [1.54, 1.807) is 25.1 Å². The van der Waals surface area contributed by atoms with Gasteiger partial charge in [0.1, 0.15) is 5.52 Å². The summed E-state index contributed by atoms with van der Waals surface area (Å²) in [7, 11) is -3.50. The quantitative estimate of drug-likeness (QED) is 0.858. The lowest BCUT2D eigenvalue weighted by molar-refractivity contribution is 0.561. The van der Waals surface area contributed by atoms with Gasteiger partial charge in [0.05, 0.1) is 4.90 Å². The summed E-state index contributed by atoms with van der Waals surface area (Å²) in [5.41, 5.74) is 2.52. The van der Waals surface area contributed by atoms with Crippen LogP contribution in [0.15, 0.2) is 39.2 Å². The first kappa shape index (κ1) is 15.2. The zero-order chi connectivity index (χ0) is 15.6. The van der Waals surface area contributed by atoms with E-state index in [0.29, 0.717) is 23.5 Å². The molecule has 0 aliphatic heterocycles. The average Bonchev–Trinajstić information content (AvgIpc) is 2.87. The summed E-state index contributed by atoms with van der Waals surface area (Å²) in [6, 6.07) is 4.75. The van der Waals surface area contributed by atoms with Crippen molar-refractivity contribution >= 4 is 21.1 Å². The highest BCUT2D eigenvalue weighted by atomic mass is 32.2. The van der Waals surface area contributed by atoms with Crippen molar-refractivity contribution in [1.82, 2.24) is 9.71 Å². The van der Waals surface area contributed by atoms with Gasteiger partial charge in [-0.3, -0.25) is 0 Å². The Bertz CT molecular complexity index is 806.